The van der Waals surface area contributed by atoms with Crippen LogP contribution < -0.4 is 4.74 Å². The van der Waals surface area contributed by atoms with Gasteiger partial charge in [-0.2, -0.15) is 4.39 Å². The Hall–Kier alpha value is -2.75. The summed E-state index contributed by atoms with van der Waals surface area (Å²) in [6.07, 6.45) is 4.61. The van der Waals surface area contributed by atoms with Crippen LogP contribution in [0.2, 0.25) is 0 Å². The maximum absolute atomic E-state index is 14.9. The van der Waals surface area contributed by atoms with Crippen molar-refractivity contribution in [3.05, 3.63) is 77.6 Å². The van der Waals surface area contributed by atoms with Crippen LogP contribution >= 0.6 is 0 Å². The van der Waals surface area contributed by atoms with E-state index in [9.17, 15) is 13.2 Å². The highest BCUT2D eigenvalue weighted by Crippen LogP contribution is 2.37. The molecule has 0 spiro atoms. The molecule has 4 rings (SSSR count). The summed E-state index contributed by atoms with van der Waals surface area (Å²) in [6.45, 7) is 12.2. The molecule has 0 N–H and O–H groups in total. The maximum atomic E-state index is 14.9. The van der Waals surface area contributed by atoms with Crippen molar-refractivity contribution in [2.24, 2.45) is 5.92 Å². The second kappa shape index (κ2) is 14.0. The average Bonchev–Trinajstić information content (AvgIpc) is 2.90. The van der Waals surface area contributed by atoms with Gasteiger partial charge in [0, 0.05) is 11.1 Å². The molecule has 0 radical (unpaired) electrons. The molecule has 35 heavy (non-hydrogen) atoms. The minimum atomic E-state index is -0.998. The van der Waals surface area contributed by atoms with Gasteiger partial charge in [0.1, 0.15) is 5.82 Å². The van der Waals surface area contributed by atoms with E-state index in [1.165, 1.54) is 25.0 Å². The summed E-state index contributed by atoms with van der Waals surface area (Å²) in [5.41, 5.74) is 2.96. The molecular formula is C31H39F3O. The second-order valence-electron chi connectivity index (χ2n) is 8.45. The van der Waals surface area contributed by atoms with Crippen molar-refractivity contribution >= 4 is 0 Å². The van der Waals surface area contributed by atoms with Gasteiger partial charge >= 0.3 is 0 Å². The fourth-order valence-corrected chi connectivity index (χ4v) is 4.46. The lowest BCUT2D eigenvalue weighted by Gasteiger charge is -2.26. The Morgan fingerprint density at radius 3 is 1.80 bits per heavy atom. The summed E-state index contributed by atoms with van der Waals surface area (Å²) in [5.74, 6) is -1.11. The predicted molar refractivity (Wildman–Crippen MR) is 141 cm³/mol. The standard InChI is InChI=1S/C27H27F3O.2C2H6/c1-3-31-25-15-14-23(26(29)27(25)30)20-10-8-19(9-11-20)22-13-12-21(16-24(22)28)18-6-4-17(2)5-7-18;2*1-2/h8-18H,3-7H2,1-2H3;2*1-2H3. The van der Waals surface area contributed by atoms with E-state index in [1.807, 2.05) is 39.8 Å². The number of hydrogen-bond acceptors (Lipinski definition) is 1. The van der Waals surface area contributed by atoms with E-state index in [1.54, 1.807) is 37.3 Å². The molecule has 0 aliphatic heterocycles. The minimum Gasteiger partial charge on any atom is -0.491 e. The first-order valence-corrected chi connectivity index (χ1v) is 13.0. The largest absolute Gasteiger partial charge is 0.491 e. The van der Waals surface area contributed by atoms with E-state index in [0.717, 1.165) is 24.3 Å². The van der Waals surface area contributed by atoms with Gasteiger partial charge in [0.05, 0.1) is 6.61 Å². The first-order valence-electron chi connectivity index (χ1n) is 13.0. The Morgan fingerprint density at radius 2 is 1.26 bits per heavy atom. The molecule has 1 aliphatic carbocycles. The smallest absolute Gasteiger partial charge is 0.201 e. The Labute approximate surface area is 209 Å². The molecule has 0 heterocycles. The Kier molecular flexibility index (Phi) is 11.4. The van der Waals surface area contributed by atoms with E-state index >= 15 is 0 Å². The van der Waals surface area contributed by atoms with Crippen LogP contribution in [-0.4, -0.2) is 6.61 Å². The lowest BCUT2D eigenvalue weighted by atomic mass is 9.79. The molecule has 0 amide bonds. The van der Waals surface area contributed by atoms with Crippen LogP contribution in [0.1, 0.15) is 78.7 Å². The number of benzene rings is 3. The number of halogens is 3. The summed E-state index contributed by atoms with van der Waals surface area (Å²) in [6, 6.07) is 15.3. The topological polar surface area (TPSA) is 9.23 Å². The molecule has 1 saturated carbocycles. The van der Waals surface area contributed by atoms with E-state index in [-0.39, 0.29) is 23.7 Å². The fourth-order valence-electron chi connectivity index (χ4n) is 4.46. The van der Waals surface area contributed by atoms with Crippen molar-refractivity contribution in [2.75, 3.05) is 6.61 Å². The van der Waals surface area contributed by atoms with Crippen molar-refractivity contribution in [2.45, 2.75) is 73.1 Å². The summed E-state index contributed by atoms with van der Waals surface area (Å²) in [4.78, 5) is 0. The van der Waals surface area contributed by atoms with E-state index in [2.05, 4.69) is 6.92 Å². The first kappa shape index (κ1) is 28.5. The Balaban J connectivity index is 0.00000103. The highest BCUT2D eigenvalue weighted by atomic mass is 19.2. The molecule has 3 aromatic carbocycles. The van der Waals surface area contributed by atoms with Gasteiger partial charge in [0.25, 0.3) is 0 Å². The predicted octanol–water partition coefficient (Wildman–Crippen LogP) is 10.2. The summed E-state index contributed by atoms with van der Waals surface area (Å²) < 4.78 is 48.7. The van der Waals surface area contributed by atoms with Gasteiger partial charge in [-0.3, -0.25) is 0 Å². The molecule has 0 saturated heterocycles. The third-order valence-corrected chi connectivity index (χ3v) is 6.33. The fraction of sp³-hybridized carbons (Fsp3) is 0.419. The van der Waals surface area contributed by atoms with Crippen LogP contribution in [0.4, 0.5) is 13.2 Å². The van der Waals surface area contributed by atoms with E-state index < -0.39 is 11.6 Å². The Bertz CT molecular complexity index is 1050. The average molecular weight is 485 g/mol. The highest BCUT2D eigenvalue weighted by molar-refractivity contribution is 5.71. The van der Waals surface area contributed by atoms with Gasteiger partial charge in [0.2, 0.25) is 5.82 Å². The molecule has 190 valence electrons. The van der Waals surface area contributed by atoms with Crippen molar-refractivity contribution in [3.8, 4) is 28.0 Å². The second-order valence-corrected chi connectivity index (χ2v) is 8.45. The molecular weight excluding hydrogens is 445 g/mol. The summed E-state index contributed by atoms with van der Waals surface area (Å²) in [7, 11) is 0. The first-order chi connectivity index (χ1) is 17.0. The minimum absolute atomic E-state index is 0.102. The molecule has 1 aliphatic rings. The molecule has 1 nitrogen and oxygen atoms in total. The van der Waals surface area contributed by atoms with Crippen LogP contribution in [0.25, 0.3) is 22.3 Å². The number of rotatable bonds is 5. The van der Waals surface area contributed by atoms with E-state index in [4.69, 9.17) is 4.74 Å². The van der Waals surface area contributed by atoms with Gasteiger partial charge in [0.15, 0.2) is 11.6 Å². The summed E-state index contributed by atoms with van der Waals surface area (Å²) >= 11 is 0. The zero-order chi connectivity index (χ0) is 26.0. The Morgan fingerprint density at radius 1 is 0.714 bits per heavy atom. The van der Waals surface area contributed by atoms with Gasteiger partial charge in [-0.25, -0.2) is 8.78 Å². The monoisotopic (exact) mass is 484 g/mol. The lowest BCUT2D eigenvalue weighted by molar-refractivity contribution is 0.314. The summed E-state index contributed by atoms with van der Waals surface area (Å²) in [5, 5.41) is 0. The van der Waals surface area contributed by atoms with Crippen molar-refractivity contribution < 1.29 is 17.9 Å². The lowest BCUT2D eigenvalue weighted by Crippen LogP contribution is -2.11. The van der Waals surface area contributed by atoms with Gasteiger partial charge in [-0.05, 0) is 66.5 Å². The van der Waals surface area contributed by atoms with Crippen LogP contribution in [0.15, 0.2) is 54.6 Å². The van der Waals surface area contributed by atoms with Crippen LogP contribution in [0.5, 0.6) is 5.75 Å². The zero-order valence-corrected chi connectivity index (χ0v) is 21.9. The van der Waals surface area contributed by atoms with Gasteiger partial charge in [-0.15, -0.1) is 0 Å². The highest BCUT2D eigenvalue weighted by Gasteiger charge is 2.21. The van der Waals surface area contributed by atoms with Crippen molar-refractivity contribution in [1.29, 1.82) is 0 Å². The van der Waals surface area contributed by atoms with Crippen molar-refractivity contribution in [3.63, 3.8) is 0 Å². The van der Waals surface area contributed by atoms with Gasteiger partial charge < -0.3 is 4.74 Å². The molecule has 0 aromatic heterocycles. The quantitative estimate of drug-likeness (QED) is 0.350. The molecule has 4 heteroatoms. The molecule has 3 aromatic rings. The number of ether oxygens (including phenoxy) is 1. The molecule has 0 bridgehead atoms. The third-order valence-electron chi connectivity index (χ3n) is 6.33. The third kappa shape index (κ3) is 6.90. The van der Waals surface area contributed by atoms with Crippen LogP contribution in [-0.2, 0) is 0 Å². The van der Waals surface area contributed by atoms with Crippen LogP contribution in [0.3, 0.4) is 0 Å². The normalized spacial score (nSPS) is 16.9. The van der Waals surface area contributed by atoms with E-state index in [0.29, 0.717) is 22.6 Å². The molecule has 0 atom stereocenters. The molecule has 1 fully saturated rings. The van der Waals surface area contributed by atoms with Crippen molar-refractivity contribution in [1.82, 2.24) is 0 Å². The zero-order valence-electron chi connectivity index (χ0n) is 21.9. The van der Waals surface area contributed by atoms with Crippen LogP contribution in [0, 0.1) is 23.4 Å². The SMILES string of the molecule is CC.CC.CCOc1ccc(-c2ccc(-c3ccc(C4CCC(C)CC4)cc3F)cc2)c(F)c1F. The number of hydrogen-bond donors (Lipinski definition) is 0. The molecule has 0 unspecified atom stereocenters. The maximum Gasteiger partial charge on any atom is 0.201 e. The van der Waals surface area contributed by atoms with Gasteiger partial charge in [-0.1, -0.05) is 83.9 Å².